The minimum Gasteiger partial charge on any atom is -0.463 e. The zero-order chi connectivity index (χ0) is 13.5. The summed E-state index contributed by atoms with van der Waals surface area (Å²) in [4.78, 5) is 11.5. The first-order valence-electron chi connectivity index (χ1n) is 6.46. The molecule has 98 valence electrons. The Hall–Kier alpha value is -1.57. The summed E-state index contributed by atoms with van der Waals surface area (Å²) >= 11 is 0. The first kappa shape index (κ1) is 14.5. The van der Waals surface area contributed by atoms with Gasteiger partial charge in [0.1, 0.15) is 0 Å². The van der Waals surface area contributed by atoms with Crippen molar-refractivity contribution in [1.29, 1.82) is 0 Å². The van der Waals surface area contributed by atoms with Crippen LogP contribution >= 0.6 is 0 Å². The van der Waals surface area contributed by atoms with Crippen molar-refractivity contribution in [2.24, 2.45) is 5.92 Å². The molecule has 1 rings (SSSR count). The van der Waals surface area contributed by atoms with Crippen molar-refractivity contribution in [3.05, 3.63) is 48.0 Å². The van der Waals surface area contributed by atoms with Crippen molar-refractivity contribution in [3.63, 3.8) is 0 Å². The van der Waals surface area contributed by atoms with E-state index >= 15 is 0 Å². The van der Waals surface area contributed by atoms with Gasteiger partial charge in [-0.25, -0.2) is 4.79 Å². The maximum atomic E-state index is 11.5. The van der Waals surface area contributed by atoms with E-state index in [2.05, 4.69) is 32.6 Å². The van der Waals surface area contributed by atoms with Gasteiger partial charge in [0.05, 0.1) is 6.61 Å². The smallest absolute Gasteiger partial charge is 0.333 e. The third-order valence-electron chi connectivity index (χ3n) is 3.31. The average molecular weight is 246 g/mol. The third kappa shape index (κ3) is 4.02. The van der Waals surface area contributed by atoms with Gasteiger partial charge in [0.25, 0.3) is 0 Å². The summed E-state index contributed by atoms with van der Waals surface area (Å²) in [7, 11) is 0. The number of esters is 1. The molecular weight excluding hydrogens is 224 g/mol. The first-order chi connectivity index (χ1) is 8.56. The Morgan fingerprint density at radius 1 is 1.28 bits per heavy atom. The number of benzene rings is 1. The molecule has 1 aromatic rings. The molecule has 2 atom stereocenters. The van der Waals surface area contributed by atoms with E-state index in [1.54, 1.807) is 6.92 Å². The highest BCUT2D eigenvalue weighted by Crippen LogP contribution is 2.28. The summed E-state index contributed by atoms with van der Waals surface area (Å²) < 4.78 is 4.95. The van der Waals surface area contributed by atoms with E-state index in [-0.39, 0.29) is 5.97 Å². The lowest BCUT2D eigenvalue weighted by molar-refractivity contribution is -0.138. The zero-order valence-corrected chi connectivity index (χ0v) is 11.5. The lowest BCUT2D eigenvalue weighted by Gasteiger charge is -2.20. The van der Waals surface area contributed by atoms with Crippen LogP contribution in [0.3, 0.4) is 0 Å². The second kappa shape index (κ2) is 7.00. The lowest BCUT2D eigenvalue weighted by Crippen LogP contribution is -2.13. The Bertz CT molecular complexity index is 395. The zero-order valence-electron chi connectivity index (χ0n) is 11.5. The van der Waals surface area contributed by atoms with Gasteiger partial charge in [-0.3, -0.25) is 0 Å². The summed E-state index contributed by atoms with van der Waals surface area (Å²) in [6, 6.07) is 10.3. The summed E-state index contributed by atoms with van der Waals surface area (Å²) in [6.07, 6.45) is 0.675. The molecule has 0 amide bonds. The SMILES string of the molecule is C=C(C[C@@H](C)[C@H](C)c1ccccc1)C(=O)OCC. The number of ether oxygens (including phenoxy) is 1. The monoisotopic (exact) mass is 246 g/mol. The van der Waals surface area contributed by atoms with Crippen LogP contribution in [0.25, 0.3) is 0 Å². The predicted molar refractivity (Wildman–Crippen MR) is 74.4 cm³/mol. The van der Waals surface area contributed by atoms with Crippen molar-refractivity contribution in [3.8, 4) is 0 Å². The highest BCUT2D eigenvalue weighted by atomic mass is 16.5. The summed E-state index contributed by atoms with van der Waals surface area (Å²) in [5.41, 5.74) is 1.86. The number of rotatable bonds is 6. The maximum absolute atomic E-state index is 11.5. The van der Waals surface area contributed by atoms with Crippen LogP contribution in [0.15, 0.2) is 42.5 Å². The molecule has 0 spiro atoms. The van der Waals surface area contributed by atoms with Gasteiger partial charge < -0.3 is 4.74 Å². The molecule has 0 saturated carbocycles. The normalized spacial score (nSPS) is 13.7. The van der Waals surface area contributed by atoms with Crippen molar-refractivity contribution in [2.45, 2.75) is 33.1 Å². The number of carbonyl (C=O) groups is 1. The van der Waals surface area contributed by atoms with Crippen LogP contribution in [-0.2, 0) is 9.53 Å². The van der Waals surface area contributed by atoms with Crippen LogP contribution in [0.2, 0.25) is 0 Å². The van der Waals surface area contributed by atoms with E-state index < -0.39 is 0 Å². The highest BCUT2D eigenvalue weighted by molar-refractivity contribution is 5.87. The lowest BCUT2D eigenvalue weighted by atomic mass is 9.85. The molecule has 0 heterocycles. The Morgan fingerprint density at radius 2 is 1.89 bits per heavy atom. The average Bonchev–Trinajstić information content (AvgIpc) is 2.39. The quantitative estimate of drug-likeness (QED) is 0.561. The summed E-state index contributed by atoms with van der Waals surface area (Å²) in [5.74, 6) is 0.492. The summed E-state index contributed by atoms with van der Waals surface area (Å²) in [6.45, 7) is 10.3. The molecule has 2 nitrogen and oxygen atoms in total. The van der Waals surface area contributed by atoms with Crippen LogP contribution in [-0.4, -0.2) is 12.6 Å². The Balaban J connectivity index is 2.58. The van der Waals surface area contributed by atoms with E-state index in [0.29, 0.717) is 30.4 Å². The van der Waals surface area contributed by atoms with Gasteiger partial charge in [-0.05, 0) is 30.7 Å². The first-order valence-corrected chi connectivity index (χ1v) is 6.46. The minimum atomic E-state index is -0.274. The molecule has 0 aliphatic heterocycles. The van der Waals surface area contributed by atoms with Crippen LogP contribution in [0.5, 0.6) is 0 Å². The van der Waals surface area contributed by atoms with E-state index in [0.717, 1.165) is 0 Å². The van der Waals surface area contributed by atoms with Crippen LogP contribution in [0.4, 0.5) is 0 Å². The maximum Gasteiger partial charge on any atom is 0.333 e. The highest BCUT2D eigenvalue weighted by Gasteiger charge is 2.18. The molecule has 0 radical (unpaired) electrons. The molecule has 0 aromatic heterocycles. The predicted octanol–water partition coefficient (Wildman–Crippen LogP) is 3.94. The van der Waals surface area contributed by atoms with Gasteiger partial charge in [0, 0.05) is 5.57 Å². The molecule has 0 aliphatic rings. The number of hydrogen-bond acceptors (Lipinski definition) is 2. The minimum absolute atomic E-state index is 0.274. The Kier molecular flexibility index (Phi) is 5.63. The third-order valence-corrected chi connectivity index (χ3v) is 3.31. The molecule has 2 heteroatoms. The molecule has 1 aromatic carbocycles. The van der Waals surface area contributed by atoms with Gasteiger partial charge in [-0.1, -0.05) is 50.8 Å². The molecule has 0 saturated heterocycles. The van der Waals surface area contributed by atoms with E-state index in [9.17, 15) is 4.79 Å². The second-order valence-corrected chi connectivity index (χ2v) is 4.70. The van der Waals surface area contributed by atoms with Crippen LogP contribution in [0, 0.1) is 5.92 Å². The Labute approximate surface area is 110 Å². The molecule has 0 bridgehead atoms. The van der Waals surface area contributed by atoms with Gasteiger partial charge in [0.15, 0.2) is 0 Å². The van der Waals surface area contributed by atoms with E-state index in [1.807, 2.05) is 18.2 Å². The largest absolute Gasteiger partial charge is 0.463 e. The standard InChI is InChI=1S/C16H22O2/c1-5-18-16(17)13(3)11-12(2)14(4)15-9-7-6-8-10-15/h6-10,12,14H,3,5,11H2,1-2,4H3/t12-,14+/m1/s1. The topological polar surface area (TPSA) is 26.3 Å². The van der Waals surface area contributed by atoms with Crippen molar-refractivity contribution < 1.29 is 9.53 Å². The van der Waals surface area contributed by atoms with Crippen LogP contribution < -0.4 is 0 Å². The van der Waals surface area contributed by atoms with Crippen molar-refractivity contribution in [2.75, 3.05) is 6.61 Å². The van der Waals surface area contributed by atoms with Crippen molar-refractivity contribution in [1.82, 2.24) is 0 Å². The fourth-order valence-corrected chi connectivity index (χ4v) is 1.97. The number of carbonyl (C=O) groups excluding carboxylic acids is 1. The molecule has 0 unspecified atom stereocenters. The molecule has 0 aliphatic carbocycles. The fourth-order valence-electron chi connectivity index (χ4n) is 1.97. The number of hydrogen-bond donors (Lipinski definition) is 0. The van der Waals surface area contributed by atoms with Gasteiger partial charge in [0.2, 0.25) is 0 Å². The van der Waals surface area contributed by atoms with Crippen LogP contribution in [0.1, 0.15) is 38.7 Å². The second-order valence-electron chi connectivity index (χ2n) is 4.70. The van der Waals surface area contributed by atoms with E-state index in [4.69, 9.17) is 4.74 Å². The molecular formula is C16H22O2. The summed E-state index contributed by atoms with van der Waals surface area (Å²) in [5, 5.41) is 0. The Morgan fingerprint density at radius 3 is 2.44 bits per heavy atom. The van der Waals surface area contributed by atoms with E-state index in [1.165, 1.54) is 5.56 Å². The van der Waals surface area contributed by atoms with Gasteiger partial charge in [-0.15, -0.1) is 0 Å². The molecule has 18 heavy (non-hydrogen) atoms. The van der Waals surface area contributed by atoms with Gasteiger partial charge in [-0.2, -0.15) is 0 Å². The van der Waals surface area contributed by atoms with Crippen molar-refractivity contribution >= 4 is 5.97 Å². The molecule has 0 N–H and O–H groups in total. The van der Waals surface area contributed by atoms with Gasteiger partial charge >= 0.3 is 5.97 Å². The fraction of sp³-hybridized carbons (Fsp3) is 0.438. The molecule has 0 fully saturated rings.